The number of aromatic nitrogens is 1. The molecule has 3 amide bonds. The highest BCUT2D eigenvalue weighted by atomic mass is 32.1. The summed E-state index contributed by atoms with van der Waals surface area (Å²) < 4.78 is 6.25. The van der Waals surface area contributed by atoms with Crippen molar-refractivity contribution in [3.63, 3.8) is 0 Å². The molecule has 1 heterocycles. The third kappa shape index (κ3) is 5.87. The molecule has 1 aromatic heterocycles. The van der Waals surface area contributed by atoms with E-state index in [0.29, 0.717) is 17.4 Å². The van der Waals surface area contributed by atoms with Gasteiger partial charge >= 0.3 is 6.03 Å². The van der Waals surface area contributed by atoms with Gasteiger partial charge in [0.25, 0.3) is 0 Å². The van der Waals surface area contributed by atoms with Gasteiger partial charge in [0.2, 0.25) is 5.91 Å². The molecule has 0 saturated carbocycles. The number of fused-ring (bicyclic) bond motifs is 1. The number of urea groups is 1. The number of nitrogens with one attached hydrogen (secondary N) is 2. The molecule has 0 spiro atoms. The molecule has 2 N–H and O–H groups in total. The predicted molar refractivity (Wildman–Crippen MR) is 132 cm³/mol. The van der Waals surface area contributed by atoms with Crippen LogP contribution in [0.4, 0.5) is 15.6 Å². The molecular weight excluding hydrogens is 436 g/mol. The van der Waals surface area contributed by atoms with E-state index in [1.54, 1.807) is 24.1 Å². The zero-order chi connectivity index (χ0) is 23.0. The van der Waals surface area contributed by atoms with Gasteiger partial charge in [-0.25, -0.2) is 9.78 Å². The van der Waals surface area contributed by atoms with Crippen LogP contribution >= 0.6 is 11.3 Å². The second kappa shape index (κ2) is 10.6. The zero-order valence-electron chi connectivity index (χ0n) is 18.2. The lowest BCUT2D eigenvalue weighted by atomic mass is 10.2. The fourth-order valence-corrected chi connectivity index (χ4v) is 4.29. The van der Waals surface area contributed by atoms with Crippen molar-refractivity contribution in [2.24, 2.45) is 0 Å². The molecule has 0 aliphatic carbocycles. The Bertz CT molecular complexity index is 1230. The lowest BCUT2D eigenvalue weighted by Gasteiger charge is -2.20. The van der Waals surface area contributed by atoms with Gasteiger partial charge in [0.15, 0.2) is 5.13 Å². The van der Waals surface area contributed by atoms with Gasteiger partial charge in [0, 0.05) is 18.7 Å². The SMILES string of the molecule is COc1ccc2nc(N(Cc3ccccc3)C(=O)CCNC(=O)Nc3ccccc3)sc2c1. The summed E-state index contributed by atoms with van der Waals surface area (Å²) >= 11 is 1.44. The van der Waals surface area contributed by atoms with E-state index in [1.165, 1.54) is 11.3 Å². The number of hydrogen-bond donors (Lipinski definition) is 2. The van der Waals surface area contributed by atoms with Crippen LogP contribution in [0.2, 0.25) is 0 Å². The van der Waals surface area contributed by atoms with Gasteiger partial charge < -0.3 is 15.4 Å². The van der Waals surface area contributed by atoms with Crippen molar-refractivity contribution in [2.45, 2.75) is 13.0 Å². The maximum Gasteiger partial charge on any atom is 0.319 e. The fraction of sp³-hybridized carbons (Fsp3) is 0.160. The summed E-state index contributed by atoms with van der Waals surface area (Å²) in [6, 6.07) is 24.2. The monoisotopic (exact) mass is 460 g/mol. The van der Waals surface area contributed by atoms with Gasteiger partial charge in [-0.05, 0) is 35.9 Å². The minimum Gasteiger partial charge on any atom is -0.497 e. The van der Waals surface area contributed by atoms with Gasteiger partial charge in [-0.3, -0.25) is 9.69 Å². The number of carbonyl (C=O) groups is 2. The van der Waals surface area contributed by atoms with Crippen molar-refractivity contribution in [3.05, 3.63) is 84.4 Å². The van der Waals surface area contributed by atoms with Crippen molar-refractivity contribution in [1.29, 1.82) is 0 Å². The van der Waals surface area contributed by atoms with Gasteiger partial charge in [-0.15, -0.1) is 0 Å². The first kappa shape index (κ1) is 22.3. The normalized spacial score (nSPS) is 10.6. The van der Waals surface area contributed by atoms with Crippen molar-refractivity contribution in [2.75, 3.05) is 23.9 Å². The van der Waals surface area contributed by atoms with Crippen LogP contribution in [0.3, 0.4) is 0 Å². The second-order valence-corrected chi connectivity index (χ2v) is 8.30. The summed E-state index contributed by atoms with van der Waals surface area (Å²) in [5, 5.41) is 6.10. The first-order valence-electron chi connectivity index (χ1n) is 10.5. The van der Waals surface area contributed by atoms with Gasteiger partial charge in [0.05, 0.1) is 23.9 Å². The lowest BCUT2D eigenvalue weighted by Crippen LogP contribution is -2.35. The highest BCUT2D eigenvalue weighted by Crippen LogP contribution is 2.32. The molecule has 4 rings (SSSR count). The lowest BCUT2D eigenvalue weighted by molar-refractivity contribution is -0.118. The van der Waals surface area contributed by atoms with Crippen molar-refractivity contribution in [3.8, 4) is 5.75 Å². The summed E-state index contributed by atoms with van der Waals surface area (Å²) in [5.74, 6) is 0.622. The van der Waals surface area contributed by atoms with Crippen LogP contribution in [0.25, 0.3) is 10.2 Å². The number of nitrogens with zero attached hydrogens (tertiary/aromatic N) is 2. The number of para-hydroxylation sites is 1. The summed E-state index contributed by atoms with van der Waals surface area (Å²) in [4.78, 5) is 31.7. The average Bonchev–Trinajstić information content (AvgIpc) is 3.26. The van der Waals surface area contributed by atoms with E-state index in [4.69, 9.17) is 4.74 Å². The number of hydrogen-bond acceptors (Lipinski definition) is 5. The Hall–Kier alpha value is -3.91. The summed E-state index contributed by atoms with van der Waals surface area (Å²) in [7, 11) is 1.62. The molecular formula is C25H24N4O3S. The number of carbonyl (C=O) groups excluding carboxylic acids is 2. The molecule has 0 aliphatic rings. The minimum absolute atomic E-state index is 0.120. The first-order valence-corrected chi connectivity index (χ1v) is 11.3. The molecule has 168 valence electrons. The fourth-order valence-electron chi connectivity index (χ4n) is 3.28. The van der Waals surface area contributed by atoms with Crippen molar-refractivity contribution >= 4 is 44.3 Å². The van der Waals surface area contributed by atoms with E-state index in [1.807, 2.05) is 66.7 Å². The van der Waals surface area contributed by atoms with Crippen LogP contribution in [-0.2, 0) is 11.3 Å². The van der Waals surface area contributed by atoms with Crippen LogP contribution in [0.1, 0.15) is 12.0 Å². The molecule has 0 atom stereocenters. The molecule has 7 nitrogen and oxygen atoms in total. The van der Waals surface area contributed by atoms with E-state index >= 15 is 0 Å². The van der Waals surface area contributed by atoms with E-state index in [-0.39, 0.29) is 24.9 Å². The average molecular weight is 461 g/mol. The Morgan fingerprint density at radius 2 is 1.73 bits per heavy atom. The highest BCUT2D eigenvalue weighted by molar-refractivity contribution is 7.22. The zero-order valence-corrected chi connectivity index (χ0v) is 19.0. The minimum atomic E-state index is -0.351. The molecule has 0 bridgehead atoms. The second-order valence-electron chi connectivity index (χ2n) is 7.29. The molecule has 3 aromatic carbocycles. The predicted octanol–water partition coefficient (Wildman–Crippen LogP) is 5.05. The quantitative estimate of drug-likeness (QED) is 0.385. The maximum atomic E-state index is 13.2. The number of anilines is 2. The standard InChI is InChI=1S/C25H24N4O3S/c1-32-20-12-13-21-22(16-20)33-25(28-21)29(17-18-8-4-2-5-9-18)23(30)14-15-26-24(31)27-19-10-6-3-7-11-19/h2-13,16H,14-15,17H2,1H3,(H2,26,27,31). The van der Waals surface area contributed by atoms with E-state index in [9.17, 15) is 9.59 Å². The third-order valence-electron chi connectivity index (χ3n) is 4.96. The number of benzene rings is 3. The van der Waals surface area contributed by atoms with Crippen LogP contribution in [0.5, 0.6) is 5.75 Å². The molecule has 0 radical (unpaired) electrons. The Kier molecular flexibility index (Phi) is 7.16. The van der Waals surface area contributed by atoms with Gasteiger partial charge in [-0.1, -0.05) is 59.9 Å². The molecule has 0 saturated heterocycles. The highest BCUT2D eigenvalue weighted by Gasteiger charge is 2.20. The van der Waals surface area contributed by atoms with Gasteiger partial charge in [0.1, 0.15) is 5.75 Å². The molecule has 33 heavy (non-hydrogen) atoms. The van der Waals surface area contributed by atoms with Crippen LogP contribution in [0.15, 0.2) is 78.9 Å². The molecule has 8 heteroatoms. The summed E-state index contributed by atoms with van der Waals surface area (Å²) in [6.07, 6.45) is 0.147. The van der Waals surface area contributed by atoms with E-state index < -0.39 is 0 Å². The summed E-state index contributed by atoms with van der Waals surface area (Å²) in [5.41, 5.74) is 2.50. The van der Waals surface area contributed by atoms with Gasteiger partial charge in [-0.2, -0.15) is 0 Å². The number of ether oxygens (including phenoxy) is 1. The number of rotatable bonds is 8. The Morgan fingerprint density at radius 3 is 2.45 bits per heavy atom. The smallest absolute Gasteiger partial charge is 0.319 e. The Labute approximate surface area is 196 Å². The number of thiazole rings is 1. The number of amides is 3. The van der Waals surface area contributed by atoms with Crippen molar-refractivity contribution in [1.82, 2.24) is 10.3 Å². The van der Waals surface area contributed by atoms with E-state index in [0.717, 1.165) is 21.5 Å². The Balaban J connectivity index is 1.46. The van der Waals surface area contributed by atoms with Crippen LogP contribution < -0.4 is 20.3 Å². The molecule has 0 fully saturated rings. The third-order valence-corrected chi connectivity index (χ3v) is 6.00. The van der Waals surface area contributed by atoms with Crippen molar-refractivity contribution < 1.29 is 14.3 Å². The van der Waals surface area contributed by atoms with E-state index in [2.05, 4.69) is 15.6 Å². The summed E-state index contributed by atoms with van der Waals surface area (Å²) in [6.45, 7) is 0.606. The molecule has 0 aliphatic heterocycles. The number of methoxy groups -OCH3 is 1. The largest absolute Gasteiger partial charge is 0.497 e. The Morgan fingerprint density at radius 1 is 1.00 bits per heavy atom. The first-order chi connectivity index (χ1) is 16.1. The topological polar surface area (TPSA) is 83.6 Å². The van der Waals surface area contributed by atoms with Crippen LogP contribution in [-0.4, -0.2) is 30.6 Å². The molecule has 4 aromatic rings. The molecule has 0 unspecified atom stereocenters. The maximum absolute atomic E-state index is 13.2. The van der Waals surface area contributed by atoms with Crippen LogP contribution in [0, 0.1) is 0 Å².